The molecule has 0 spiro atoms. The van der Waals surface area contributed by atoms with E-state index < -0.39 is 0 Å². The van der Waals surface area contributed by atoms with Gasteiger partial charge >= 0.3 is 6.03 Å². The number of aryl methyl sites for hydroxylation is 2. The second-order valence-electron chi connectivity index (χ2n) is 5.69. The monoisotopic (exact) mass is 275 g/mol. The Morgan fingerprint density at radius 3 is 2.90 bits per heavy atom. The van der Waals surface area contributed by atoms with Crippen molar-refractivity contribution in [1.82, 2.24) is 25.5 Å². The molecule has 6 nitrogen and oxygen atoms in total. The van der Waals surface area contributed by atoms with Crippen molar-refractivity contribution in [2.24, 2.45) is 5.92 Å². The second kappa shape index (κ2) is 5.36. The minimum Gasteiger partial charge on any atom is -0.331 e. The predicted octanol–water partition coefficient (Wildman–Crippen LogP) is 0.597. The summed E-state index contributed by atoms with van der Waals surface area (Å²) in [6, 6.07) is 2.29. The lowest BCUT2D eigenvalue weighted by molar-refractivity contribution is 0.191. The molecule has 0 radical (unpaired) electrons. The van der Waals surface area contributed by atoms with Crippen LogP contribution in [-0.2, 0) is 6.54 Å². The van der Waals surface area contributed by atoms with Gasteiger partial charge < -0.3 is 15.5 Å². The highest BCUT2D eigenvalue weighted by Crippen LogP contribution is 2.26. The maximum atomic E-state index is 12.3. The summed E-state index contributed by atoms with van der Waals surface area (Å²) < 4.78 is 0. The van der Waals surface area contributed by atoms with Crippen LogP contribution in [0.3, 0.4) is 0 Å². The average molecular weight is 275 g/mol. The number of aromatic nitrogens is 2. The molecule has 1 aromatic rings. The zero-order valence-corrected chi connectivity index (χ0v) is 12.0. The summed E-state index contributed by atoms with van der Waals surface area (Å²) in [6.45, 7) is 7.08. The van der Waals surface area contributed by atoms with Crippen LogP contribution in [0.5, 0.6) is 0 Å². The molecule has 108 valence electrons. The third kappa shape index (κ3) is 2.60. The van der Waals surface area contributed by atoms with Crippen molar-refractivity contribution in [3.8, 4) is 0 Å². The second-order valence-corrected chi connectivity index (χ2v) is 5.69. The van der Waals surface area contributed by atoms with Gasteiger partial charge in [-0.05, 0) is 32.3 Å². The van der Waals surface area contributed by atoms with Gasteiger partial charge in [-0.15, -0.1) is 0 Å². The smallest absolute Gasteiger partial charge is 0.318 e. The molecule has 2 fully saturated rings. The number of fused-ring (bicyclic) bond motifs is 1. The molecule has 0 aliphatic carbocycles. The first-order chi connectivity index (χ1) is 9.63. The first-order valence-corrected chi connectivity index (χ1v) is 7.20. The Balaban J connectivity index is 1.59. The van der Waals surface area contributed by atoms with E-state index in [1.165, 1.54) is 0 Å². The normalized spacial score (nSPS) is 24.8. The molecule has 2 N–H and O–H groups in total. The summed E-state index contributed by atoms with van der Waals surface area (Å²) in [4.78, 5) is 22.9. The molecule has 2 amide bonds. The number of hydrogen-bond acceptors (Lipinski definition) is 4. The van der Waals surface area contributed by atoms with Gasteiger partial charge in [0.2, 0.25) is 0 Å². The number of carbonyl (C=O) groups excluding carboxylic acids is 1. The molecule has 3 heterocycles. The fourth-order valence-corrected chi connectivity index (χ4v) is 3.24. The lowest BCUT2D eigenvalue weighted by atomic mass is 10.1. The molecule has 0 aromatic carbocycles. The standard InChI is InChI=1S/C14H21N5O/c1-9-5-10(2)18-13(17-9)8-16-14(20)19-4-3-11-6-15-7-12(11)19/h5,11-12,15H,3-4,6-8H2,1-2H3,(H,16,20)/t11-,12+/m0/s1. The first kappa shape index (κ1) is 13.3. The molecule has 3 rings (SSSR count). The van der Waals surface area contributed by atoms with Crippen LogP contribution in [0.15, 0.2) is 6.07 Å². The first-order valence-electron chi connectivity index (χ1n) is 7.20. The van der Waals surface area contributed by atoms with Crippen molar-refractivity contribution in [2.75, 3.05) is 19.6 Å². The Morgan fingerprint density at radius 2 is 2.15 bits per heavy atom. The third-order valence-electron chi connectivity index (χ3n) is 4.13. The quantitative estimate of drug-likeness (QED) is 0.829. The van der Waals surface area contributed by atoms with Gasteiger partial charge in [0.25, 0.3) is 0 Å². The van der Waals surface area contributed by atoms with Crippen LogP contribution in [0, 0.1) is 19.8 Å². The fraction of sp³-hybridized carbons (Fsp3) is 0.643. The zero-order chi connectivity index (χ0) is 14.1. The van der Waals surface area contributed by atoms with Gasteiger partial charge in [-0.1, -0.05) is 0 Å². The molecule has 1 aromatic heterocycles. The summed E-state index contributed by atoms with van der Waals surface area (Å²) in [6.07, 6.45) is 1.10. The van der Waals surface area contributed by atoms with Crippen molar-refractivity contribution in [3.63, 3.8) is 0 Å². The van der Waals surface area contributed by atoms with Gasteiger partial charge in [-0.25, -0.2) is 14.8 Å². The Bertz CT molecular complexity index is 498. The number of hydrogen-bond donors (Lipinski definition) is 2. The Labute approximate surface area is 119 Å². The summed E-state index contributed by atoms with van der Waals surface area (Å²) >= 11 is 0. The third-order valence-corrected chi connectivity index (χ3v) is 4.13. The molecule has 0 bridgehead atoms. The maximum absolute atomic E-state index is 12.3. The zero-order valence-electron chi connectivity index (χ0n) is 12.0. The summed E-state index contributed by atoms with van der Waals surface area (Å²) in [5.41, 5.74) is 1.87. The number of rotatable bonds is 2. The van der Waals surface area contributed by atoms with E-state index in [-0.39, 0.29) is 6.03 Å². The van der Waals surface area contributed by atoms with Crippen LogP contribution in [0.4, 0.5) is 4.79 Å². The van der Waals surface area contributed by atoms with E-state index in [1.807, 2.05) is 24.8 Å². The molecule has 2 aliphatic rings. The van der Waals surface area contributed by atoms with Crippen LogP contribution in [-0.4, -0.2) is 46.6 Å². The molecule has 20 heavy (non-hydrogen) atoms. The molecule has 2 aliphatic heterocycles. The van der Waals surface area contributed by atoms with E-state index in [4.69, 9.17) is 0 Å². The van der Waals surface area contributed by atoms with Crippen LogP contribution in [0.2, 0.25) is 0 Å². The Kier molecular flexibility index (Phi) is 3.56. The van der Waals surface area contributed by atoms with Gasteiger partial charge in [-0.2, -0.15) is 0 Å². The largest absolute Gasteiger partial charge is 0.331 e. The van der Waals surface area contributed by atoms with Gasteiger partial charge in [-0.3, -0.25) is 0 Å². The number of urea groups is 1. The van der Waals surface area contributed by atoms with Gasteiger partial charge in [0.05, 0.1) is 6.54 Å². The summed E-state index contributed by atoms with van der Waals surface area (Å²) in [5, 5.41) is 6.29. The van der Waals surface area contributed by atoms with Gasteiger partial charge in [0, 0.05) is 37.1 Å². The van der Waals surface area contributed by atoms with Gasteiger partial charge in [0.15, 0.2) is 0 Å². The van der Waals surface area contributed by atoms with E-state index in [2.05, 4.69) is 20.6 Å². The van der Waals surface area contributed by atoms with E-state index >= 15 is 0 Å². The fourth-order valence-electron chi connectivity index (χ4n) is 3.24. The molecule has 2 saturated heterocycles. The van der Waals surface area contributed by atoms with E-state index in [0.29, 0.717) is 24.3 Å². The van der Waals surface area contributed by atoms with Crippen molar-refractivity contribution < 1.29 is 4.79 Å². The lowest BCUT2D eigenvalue weighted by Crippen LogP contribution is -2.45. The minimum absolute atomic E-state index is 0.00367. The number of amides is 2. The topological polar surface area (TPSA) is 70.2 Å². The van der Waals surface area contributed by atoms with Crippen LogP contribution in [0.1, 0.15) is 23.6 Å². The number of nitrogens with zero attached hydrogens (tertiary/aromatic N) is 3. The maximum Gasteiger partial charge on any atom is 0.318 e. The van der Waals surface area contributed by atoms with Crippen molar-refractivity contribution >= 4 is 6.03 Å². The van der Waals surface area contributed by atoms with Crippen molar-refractivity contribution in [3.05, 3.63) is 23.3 Å². The summed E-state index contributed by atoms with van der Waals surface area (Å²) in [7, 11) is 0. The van der Waals surface area contributed by atoms with Crippen molar-refractivity contribution in [2.45, 2.75) is 32.9 Å². The highest BCUT2D eigenvalue weighted by atomic mass is 16.2. The number of nitrogens with one attached hydrogen (secondary N) is 2. The van der Waals surface area contributed by atoms with E-state index in [0.717, 1.165) is 37.4 Å². The minimum atomic E-state index is 0.00367. The van der Waals surface area contributed by atoms with E-state index in [9.17, 15) is 4.79 Å². The van der Waals surface area contributed by atoms with Crippen LogP contribution < -0.4 is 10.6 Å². The van der Waals surface area contributed by atoms with Gasteiger partial charge in [0.1, 0.15) is 5.82 Å². The summed E-state index contributed by atoms with van der Waals surface area (Å²) in [5.74, 6) is 1.30. The Hall–Kier alpha value is -1.69. The number of likely N-dealkylation sites (tertiary alicyclic amines) is 1. The average Bonchev–Trinajstić information content (AvgIpc) is 2.96. The molecule has 6 heteroatoms. The molecular weight excluding hydrogens is 254 g/mol. The van der Waals surface area contributed by atoms with Crippen LogP contribution >= 0.6 is 0 Å². The molecule has 2 atom stereocenters. The predicted molar refractivity (Wildman–Crippen MR) is 75.2 cm³/mol. The van der Waals surface area contributed by atoms with Crippen LogP contribution in [0.25, 0.3) is 0 Å². The molecular formula is C14H21N5O. The van der Waals surface area contributed by atoms with Crippen molar-refractivity contribution in [1.29, 1.82) is 0 Å². The molecule has 0 unspecified atom stereocenters. The highest BCUT2D eigenvalue weighted by Gasteiger charge is 2.39. The Morgan fingerprint density at radius 1 is 1.40 bits per heavy atom. The van der Waals surface area contributed by atoms with E-state index in [1.54, 1.807) is 0 Å². The SMILES string of the molecule is Cc1cc(C)nc(CNC(=O)N2CC[C@H]3CNC[C@H]32)n1. The highest BCUT2D eigenvalue weighted by molar-refractivity contribution is 5.75. The molecule has 0 saturated carbocycles. The lowest BCUT2D eigenvalue weighted by Gasteiger charge is -2.23. The number of carbonyl (C=O) groups is 1.